The maximum Gasteiger partial charge on any atom is 0.229 e. The van der Waals surface area contributed by atoms with Crippen LogP contribution in [0.1, 0.15) is 17.7 Å². The number of hydrogen-bond donors (Lipinski definition) is 1. The van der Waals surface area contributed by atoms with Crippen LogP contribution in [0.5, 0.6) is 0 Å². The molecule has 0 fully saturated rings. The zero-order chi connectivity index (χ0) is 14.8. The van der Waals surface area contributed by atoms with Gasteiger partial charge < -0.3 is 14.5 Å². The molecular weight excluding hydrogens is 268 g/mol. The standard InChI is InChI=1S/C15H18N4O2/c1-9-7-11-12-13(21-15(11)19-10(9)2)14(18-8-17-12)16-5-4-6-20-3/h7-8H,4-6H2,1-3H3,(H,16,17,18). The van der Waals surface area contributed by atoms with Crippen molar-refractivity contribution in [3.63, 3.8) is 0 Å². The molecule has 3 rings (SSSR count). The fourth-order valence-corrected chi connectivity index (χ4v) is 2.24. The van der Waals surface area contributed by atoms with Crippen LogP contribution in [0, 0.1) is 13.8 Å². The van der Waals surface area contributed by atoms with Gasteiger partial charge in [-0.2, -0.15) is 0 Å². The summed E-state index contributed by atoms with van der Waals surface area (Å²) in [5.41, 5.74) is 4.14. The number of hydrogen-bond acceptors (Lipinski definition) is 6. The van der Waals surface area contributed by atoms with E-state index in [0.29, 0.717) is 23.7 Å². The Hall–Kier alpha value is -2.21. The molecule has 0 bridgehead atoms. The van der Waals surface area contributed by atoms with Gasteiger partial charge in [0.25, 0.3) is 0 Å². The third kappa shape index (κ3) is 2.54. The van der Waals surface area contributed by atoms with E-state index in [-0.39, 0.29) is 0 Å². The van der Waals surface area contributed by atoms with Gasteiger partial charge in [-0.05, 0) is 31.9 Å². The second-order valence-electron chi connectivity index (χ2n) is 5.02. The van der Waals surface area contributed by atoms with E-state index in [4.69, 9.17) is 9.15 Å². The molecule has 3 heterocycles. The molecule has 0 saturated carbocycles. The molecule has 0 radical (unpaired) electrons. The van der Waals surface area contributed by atoms with Crippen LogP contribution in [0.3, 0.4) is 0 Å². The molecule has 21 heavy (non-hydrogen) atoms. The van der Waals surface area contributed by atoms with Gasteiger partial charge in [0.05, 0.1) is 5.39 Å². The number of furan rings is 1. The summed E-state index contributed by atoms with van der Waals surface area (Å²) >= 11 is 0. The first-order valence-electron chi connectivity index (χ1n) is 6.95. The summed E-state index contributed by atoms with van der Waals surface area (Å²) in [6.45, 7) is 5.48. The van der Waals surface area contributed by atoms with Crippen LogP contribution in [0.4, 0.5) is 5.82 Å². The molecule has 0 unspecified atom stereocenters. The Morgan fingerprint density at radius 2 is 2.14 bits per heavy atom. The average Bonchev–Trinajstić information content (AvgIpc) is 2.83. The molecule has 0 saturated heterocycles. The van der Waals surface area contributed by atoms with Gasteiger partial charge in [-0.1, -0.05) is 0 Å². The summed E-state index contributed by atoms with van der Waals surface area (Å²) in [5, 5.41) is 4.19. The summed E-state index contributed by atoms with van der Waals surface area (Å²) in [6, 6.07) is 2.06. The van der Waals surface area contributed by atoms with Crippen molar-refractivity contribution in [2.24, 2.45) is 0 Å². The number of nitrogens with zero attached hydrogens (tertiary/aromatic N) is 3. The molecule has 0 spiro atoms. The van der Waals surface area contributed by atoms with E-state index in [2.05, 4.69) is 26.3 Å². The van der Waals surface area contributed by atoms with Crippen LogP contribution >= 0.6 is 0 Å². The summed E-state index contributed by atoms with van der Waals surface area (Å²) in [7, 11) is 1.69. The summed E-state index contributed by atoms with van der Waals surface area (Å²) in [5.74, 6) is 0.699. The second-order valence-corrected chi connectivity index (χ2v) is 5.02. The molecule has 1 N–H and O–H groups in total. The predicted octanol–water partition coefficient (Wildman–Crippen LogP) is 2.84. The SMILES string of the molecule is COCCCNc1ncnc2c1oc1nc(C)c(C)cc12. The number of aromatic nitrogens is 3. The monoisotopic (exact) mass is 286 g/mol. The van der Waals surface area contributed by atoms with Crippen LogP contribution in [0.2, 0.25) is 0 Å². The topological polar surface area (TPSA) is 73.1 Å². The van der Waals surface area contributed by atoms with Crippen LogP contribution in [-0.2, 0) is 4.74 Å². The van der Waals surface area contributed by atoms with Crippen molar-refractivity contribution in [1.29, 1.82) is 0 Å². The molecule has 3 aromatic rings. The Kier molecular flexibility index (Phi) is 3.70. The Morgan fingerprint density at radius 1 is 1.29 bits per heavy atom. The minimum absolute atomic E-state index is 0.605. The molecule has 6 heteroatoms. The van der Waals surface area contributed by atoms with E-state index in [0.717, 1.165) is 35.1 Å². The van der Waals surface area contributed by atoms with Gasteiger partial charge in [0.1, 0.15) is 11.8 Å². The van der Waals surface area contributed by atoms with Crippen molar-refractivity contribution in [2.45, 2.75) is 20.3 Å². The van der Waals surface area contributed by atoms with E-state index >= 15 is 0 Å². The van der Waals surface area contributed by atoms with Crippen molar-refractivity contribution < 1.29 is 9.15 Å². The fraction of sp³-hybridized carbons (Fsp3) is 0.400. The van der Waals surface area contributed by atoms with E-state index in [1.807, 2.05) is 13.8 Å². The van der Waals surface area contributed by atoms with E-state index in [1.165, 1.54) is 0 Å². The highest BCUT2D eigenvalue weighted by Gasteiger charge is 2.14. The minimum atomic E-state index is 0.605. The fourth-order valence-electron chi connectivity index (χ4n) is 2.24. The zero-order valence-corrected chi connectivity index (χ0v) is 12.4. The summed E-state index contributed by atoms with van der Waals surface area (Å²) in [4.78, 5) is 13.1. The lowest BCUT2D eigenvalue weighted by Crippen LogP contribution is -2.06. The van der Waals surface area contributed by atoms with Crippen molar-refractivity contribution in [1.82, 2.24) is 15.0 Å². The Bertz CT molecular complexity index is 782. The van der Waals surface area contributed by atoms with Crippen molar-refractivity contribution in [2.75, 3.05) is 25.6 Å². The number of fused-ring (bicyclic) bond motifs is 3. The Morgan fingerprint density at radius 3 is 2.95 bits per heavy atom. The van der Waals surface area contributed by atoms with E-state index in [1.54, 1.807) is 13.4 Å². The molecule has 110 valence electrons. The second kappa shape index (κ2) is 5.65. The van der Waals surface area contributed by atoms with E-state index < -0.39 is 0 Å². The molecule has 0 aliphatic rings. The van der Waals surface area contributed by atoms with Gasteiger partial charge in [-0.15, -0.1) is 0 Å². The quantitative estimate of drug-likeness (QED) is 0.727. The normalized spacial score (nSPS) is 11.4. The largest absolute Gasteiger partial charge is 0.432 e. The maximum atomic E-state index is 5.85. The summed E-state index contributed by atoms with van der Waals surface area (Å²) in [6.07, 6.45) is 2.45. The number of pyridine rings is 1. The minimum Gasteiger partial charge on any atom is -0.432 e. The number of nitrogens with one attached hydrogen (secondary N) is 1. The smallest absolute Gasteiger partial charge is 0.229 e. The molecule has 0 atom stereocenters. The lowest BCUT2D eigenvalue weighted by atomic mass is 10.2. The van der Waals surface area contributed by atoms with Gasteiger partial charge in [-0.3, -0.25) is 0 Å². The van der Waals surface area contributed by atoms with Crippen molar-refractivity contribution in [3.05, 3.63) is 23.7 Å². The number of methoxy groups -OCH3 is 1. The van der Waals surface area contributed by atoms with Crippen molar-refractivity contribution in [3.8, 4) is 0 Å². The average molecular weight is 286 g/mol. The van der Waals surface area contributed by atoms with Gasteiger partial charge in [0.15, 0.2) is 11.4 Å². The van der Waals surface area contributed by atoms with Gasteiger partial charge in [-0.25, -0.2) is 15.0 Å². The lowest BCUT2D eigenvalue weighted by molar-refractivity contribution is 0.198. The number of ether oxygens (including phenoxy) is 1. The molecule has 3 aromatic heterocycles. The van der Waals surface area contributed by atoms with Gasteiger partial charge in [0, 0.05) is 26.0 Å². The highest BCUT2D eigenvalue weighted by molar-refractivity contribution is 6.04. The molecule has 0 aromatic carbocycles. The zero-order valence-electron chi connectivity index (χ0n) is 12.4. The first kappa shape index (κ1) is 13.8. The Labute approximate surface area is 122 Å². The maximum absolute atomic E-state index is 5.85. The predicted molar refractivity (Wildman–Crippen MR) is 81.6 cm³/mol. The molecular formula is C15H18N4O2. The highest BCUT2D eigenvalue weighted by Crippen LogP contribution is 2.30. The molecule has 0 aliphatic heterocycles. The number of aryl methyl sites for hydroxylation is 2. The highest BCUT2D eigenvalue weighted by atomic mass is 16.5. The number of anilines is 1. The van der Waals surface area contributed by atoms with Crippen LogP contribution in [0.25, 0.3) is 22.2 Å². The number of rotatable bonds is 5. The van der Waals surface area contributed by atoms with Crippen molar-refractivity contribution >= 4 is 28.0 Å². The first-order valence-corrected chi connectivity index (χ1v) is 6.95. The first-order chi connectivity index (χ1) is 10.2. The molecule has 0 aliphatic carbocycles. The molecule has 0 amide bonds. The van der Waals surface area contributed by atoms with Gasteiger partial charge in [0.2, 0.25) is 5.71 Å². The third-order valence-electron chi connectivity index (χ3n) is 3.51. The van der Waals surface area contributed by atoms with Crippen LogP contribution in [0.15, 0.2) is 16.8 Å². The van der Waals surface area contributed by atoms with Gasteiger partial charge >= 0.3 is 0 Å². The van der Waals surface area contributed by atoms with Crippen LogP contribution < -0.4 is 5.32 Å². The lowest BCUT2D eigenvalue weighted by Gasteiger charge is -2.04. The third-order valence-corrected chi connectivity index (χ3v) is 3.51. The van der Waals surface area contributed by atoms with Crippen LogP contribution in [-0.4, -0.2) is 35.2 Å². The summed E-state index contributed by atoms with van der Waals surface area (Å²) < 4.78 is 10.9. The van der Waals surface area contributed by atoms with E-state index in [9.17, 15) is 0 Å². The Balaban J connectivity index is 2.02. The molecule has 6 nitrogen and oxygen atoms in total.